The molecule has 0 aliphatic rings. The number of nitrogens with two attached hydrogens (primary N) is 1. The van der Waals surface area contributed by atoms with Gasteiger partial charge in [-0.15, -0.1) is 0 Å². The summed E-state index contributed by atoms with van der Waals surface area (Å²) in [6.07, 6.45) is 0. The fourth-order valence-corrected chi connectivity index (χ4v) is 1.69. The summed E-state index contributed by atoms with van der Waals surface area (Å²) in [5, 5.41) is 0. The van der Waals surface area contributed by atoms with Gasteiger partial charge in [-0.1, -0.05) is 6.07 Å². The van der Waals surface area contributed by atoms with Gasteiger partial charge in [0.05, 0.1) is 0 Å². The molecule has 2 heteroatoms. The van der Waals surface area contributed by atoms with Crippen LogP contribution in [0.4, 0.5) is 5.69 Å². The number of rotatable bonds is 4. The molecule has 0 radical (unpaired) electrons. The molecule has 0 bridgehead atoms. The van der Waals surface area contributed by atoms with Crippen LogP contribution in [0, 0.1) is 6.92 Å². The summed E-state index contributed by atoms with van der Waals surface area (Å²) in [7, 11) is 0. The van der Waals surface area contributed by atoms with Crippen molar-refractivity contribution in [2.45, 2.75) is 27.3 Å². The van der Waals surface area contributed by atoms with E-state index in [1.807, 2.05) is 0 Å². The Morgan fingerprint density at radius 2 is 1.86 bits per heavy atom. The molecule has 0 aliphatic heterocycles. The minimum atomic E-state index is 0.629. The van der Waals surface area contributed by atoms with Crippen LogP contribution in [-0.2, 0) is 6.54 Å². The Morgan fingerprint density at radius 1 is 1.21 bits per heavy atom. The van der Waals surface area contributed by atoms with Gasteiger partial charge in [-0.25, -0.2) is 0 Å². The predicted molar refractivity (Wildman–Crippen MR) is 62.6 cm³/mol. The number of benzene rings is 1. The van der Waals surface area contributed by atoms with E-state index in [0.29, 0.717) is 6.54 Å². The molecule has 0 heterocycles. The average molecular weight is 192 g/mol. The summed E-state index contributed by atoms with van der Waals surface area (Å²) < 4.78 is 0. The maximum atomic E-state index is 5.63. The summed E-state index contributed by atoms with van der Waals surface area (Å²) in [5.41, 5.74) is 9.45. The standard InChI is InChI=1S/C12H20N2/c1-4-14(5-2)12-7-6-11(9-13)10(3)8-12/h6-8H,4-5,9,13H2,1-3H3. The second-order valence-electron chi connectivity index (χ2n) is 3.49. The van der Waals surface area contributed by atoms with Crippen LogP contribution >= 0.6 is 0 Å². The third-order valence-corrected chi connectivity index (χ3v) is 2.67. The lowest BCUT2D eigenvalue weighted by Gasteiger charge is -2.22. The van der Waals surface area contributed by atoms with Crippen LogP contribution in [0.15, 0.2) is 18.2 Å². The largest absolute Gasteiger partial charge is 0.372 e. The van der Waals surface area contributed by atoms with Crippen molar-refractivity contribution in [1.29, 1.82) is 0 Å². The second kappa shape index (κ2) is 5.01. The molecule has 2 nitrogen and oxygen atoms in total. The van der Waals surface area contributed by atoms with E-state index >= 15 is 0 Å². The summed E-state index contributed by atoms with van der Waals surface area (Å²) in [4.78, 5) is 2.34. The fourth-order valence-electron chi connectivity index (χ4n) is 1.69. The molecule has 0 saturated carbocycles. The van der Waals surface area contributed by atoms with Gasteiger partial charge in [-0.05, 0) is 44.0 Å². The molecule has 1 aromatic carbocycles. The van der Waals surface area contributed by atoms with Crippen LogP contribution < -0.4 is 10.6 Å². The zero-order valence-corrected chi connectivity index (χ0v) is 9.38. The van der Waals surface area contributed by atoms with Crippen LogP contribution in [0.25, 0.3) is 0 Å². The lowest BCUT2D eigenvalue weighted by Crippen LogP contribution is -2.21. The van der Waals surface area contributed by atoms with Crippen molar-refractivity contribution in [2.24, 2.45) is 5.73 Å². The van der Waals surface area contributed by atoms with Gasteiger partial charge in [0.2, 0.25) is 0 Å². The van der Waals surface area contributed by atoms with Crippen molar-refractivity contribution >= 4 is 5.69 Å². The Bertz CT molecular complexity index is 290. The smallest absolute Gasteiger partial charge is 0.0368 e. The van der Waals surface area contributed by atoms with Gasteiger partial charge < -0.3 is 10.6 Å². The lowest BCUT2D eigenvalue weighted by atomic mass is 10.1. The first-order valence-corrected chi connectivity index (χ1v) is 5.27. The molecule has 2 N–H and O–H groups in total. The van der Waals surface area contributed by atoms with Crippen LogP contribution in [0.5, 0.6) is 0 Å². The Labute approximate surface area is 86.7 Å². The van der Waals surface area contributed by atoms with Crippen LogP contribution in [0.1, 0.15) is 25.0 Å². The monoisotopic (exact) mass is 192 g/mol. The van der Waals surface area contributed by atoms with Gasteiger partial charge in [-0.2, -0.15) is 0 Å². The Morgan fingerprint density at radius 3 is 2.29 bits per heavy atom. The first-order chi connectivity index (χ1) is 6.72. The van der Waals surface area contributed by atoms with Crippen molar-refractivity contribution in [3.63, 3.8) is 0 Å². The van der Waals surface area contributed by atoms with Crippen molar-refractivity contribution in [3.8, 4) is 0 Å². The van der Waals surface area contributed by atoms with Gasteiger partial charge in [-0.3, -0.25) is 0 Å². The van der Waals surface area contributed by atoms with E-state index in [-0.39, 0.29) is 0 Å². The van der Waals surface area contributed by atoms with Gasteiger partial charge >= 0.3 is 0 Å². The zero-order chi connectivity index (χ0) is 10.6. The van der Waals surface area contributed by atoms with Crippen molar-refractivity contribution in [3.05, 3.63) is 29.3 Å². The molecule has 78 valence electrons. The molecule has 0 amide bonds. The van der Waals surface area contributed by atoms with Crippen LogP contribution in [-0.4, -0.2) is 13.1 Å². The molecule has 0 atom stereocenters. The van der Waals surface area contributed by atoms with E-state index in [0.717, 1.165) is 13.1 Å². The molecular weight excluding hydrogens is 172 g/mol. The third kappa shape index (κ3) is 2.26. The van der Waals surface area contributed by atoms with Crippen molar-refractivity contribution in [2.75, 3.05) is 18.0 Å². The molecule has 14 heavy (non-hydrogen) atoms. The van der Waals surface area contributed by atoms with Crippen LogP contribution in [0.2, 0.25) is 0 Å². The van der Waals surface area contributed by atoms with Gasteiger partial charge in [0.15, 0.2) is 0 Å². The number of hydrogen-bond donors (Lipinski definition) is 1. The highest BCUT2D eigenvalue weighted by Crippen LogP contribution is 2.18. The zero-order valence-electron chi connectivity index (χ0n) is 9.38. The average Bonchev–Trinajstić information content (AvgIpc) is 2.20. The van der Waals surface area contributed by atoms with E-state index in [1.54, 1.807) is 0 Å². The van der Waals surface area contributed by atoms with Gasteiger partial charge in [0, 0.05) is 25.3 Å². The molecule has 1 aromatic rings. The summed E-state index contributed by atoms with van der Waals surface area (Å²) in [5.74, 6) is 0. The minimum Gasteiger partial charge on any atom is -0.372 e. The first-order valence-electron chi connectivity index (χ1n) is 5.27. The molecule has 1 rings (SSSR count). The third-order valence-electron chi connectivity index (χ3n) is 2.67. The highest BCUT2D eigenvalue weighted by Gasteiger charge is 2.03. The Kier molecular flexibility index (Phi) is 3.96. The first kappa shape index (κ1) is 11.1. The summed E-state index contributed by atoms with van der Waals surface area (Å²) >= 11 is 0. The van der Waals surface area contributed by atoms with E-state index in [4.69, 9.17) is 5.73 Å². The molecule has 0 fully saturated rings. The molecule has 0 aliphatic carbocycles. The van der Waals surface area contributed by atoms with E-state index in [2.05, 4.69) is 43.9 Å². The summed E-state index contributed by atoms with van der Waals surface area (Å²) in [6, 6.07) is 6.50. The number of nitrogens with zero attached hydrogens (tertiary/aromatic N) is 1. The minimum absolute atomic E-state index is 0.629. The molecular formula is C12H20N2. The molecule has 0 aromatic heterocycles. The number of aryl methyl sites for hydroxylation is 1. The fraction of sp³-hybridized carbons (Fsp3) is 0.500. The van der Waals surface area contributed by atoms with E-state index < -0.39 is 0 Å². The maximum Gasteiger partial charge on any atom is 0.0368 e. The number of anilines is 1. The normalized spacial score (nSPS) is 10.3. The predicted octanol–water partition coefficient (Wildman–Crippen LogP) is 2.30. The quantitative estimate of drug-likeness (QED) is 0.793. The second-order valence-corrected chi connectivity index (χ2v) is 3.49. The van der Waals surface area contributed by atoms with Crippen molar-refractivity contribution < 1.29 is 0 Å². The Hall–Kier alpha value is -1.02. The maximum absolute atomic E-state index is 5.63. The topological polar surface area (TPSA) is 29.3 Å². The van der Waals surface area contributed by atoms with Crippen molar-refractivity contribution in [1.82, 2.24) is 0 Å². The van der Waals surface area contributed by atoms with Gasteiger partial charge in [0.25, 0.3) is 0 Å². The highest BCUT2D eigenvalue weighted by atomic mass is 15.1. The van der Waals surface area contributed by atoms with E-state index in [9.17, 15) is 0 Å². The molecule has 0 saturated heterocycles. The number of hydrogen-bond acceptors (Lipinski definition) is 2. The summed E-state index contributed by atoms with van der Waals surface area (Å²) in [6.45, 7) is 9.21. The molecule has 0 unspecified atom stereocenters. The van der Waals surface area contributed by atoms with Gasteiger partial charge in [0.1, 0.15) is 0 Å². The SMILES string of the molecule is CCN(CC)c1ccc(CN)c(C)c1. The highest BCUT2D eigenvalue weighted by molar-refractivity contribution is 5.50. The van der Waals surface area contributed by atoms with E-state index in [1.165, 1.54) is 16.8 Å². The molecule has 0 spiro atoms. The lowest BCUT2D eigenvalue weighted by molar-refractivity contribution is 0.864. The van der Waals surface area contributed by atoms with Crippen LogP contribution in [0.3, 0.4) is 0 Å². The Balaban J connectivity index is 2.95.